The lowest BCUT2D eigenvalue weighted by molar-refractivity contribution is 0.121. The highest BCUT2D eigenvalue weighted by Gasteiger charge is 2.34. The third-order valence-electron chi connectivity index (χ3n) is 4.05. The van der Waals surface area contributed by atoms with Gasteiger partial charge in [0.25, 0.3) is 0 Å². The van der Waals surface area contributed by atoms with Crippen molar-refractivity contribution in [2.75, 3.05) is 30.4 Å². The van der Waals surface area contributed by atoms with Crippen LogP contribution in [-0.4, -0.2) is 25.8 Å². The monoisotopic (exact) mass is 232 g/mol. The summed E-state index contributed by atoms with van der Waals surface area (Å²) < 4.78 is 5.72. The Morgan fingerprint density at radius 3 is 2.82 bits per heavy atom. The molecule has 0 spiro atoms. The first kappa shape index (κ1) is 10.9. The number of nitrogen functional groups attached to an aromatic ring is 1. The van der Waals surface area contributed by atoms with E-state index in [1.807, 2.05) is 12.1 Å². The minimum Gasteiger partial charge on any atom is -0.399 e. The zero-order chi connectivity index (χ0) is 11.7. The number of hydrogen-bond donors (Lipinski definition) is 1. The number of fused-ring (bicyclic) bond motifs is 1. The highest BCUT2D eigenvalue weighted by atomic mass is 16.5. The van der Waals surface area contributed by atoms with Crippen LogP contribution in [0, 0.1) is 5.92 Å². The van der Waals surface area contributed by atoms with Crippen molar-refractivity contribution < 1.29 is 4.74 Å². The van der Waals surface area contributed by atoms with E-state index in [0.717, 1.165) is 31.4 Å². The molecule has 2 atom stereocenters. The lowest BCUT2D eigenvalue weighted by atomic mass is 10.0. The predicted molar refractivity (Wildman–Crippen MR) is 70.1 cm³/mol. The van der Waals surface area contributed by atoms with Gasteiger partial charge in [-0.25, -0.2) is 0 Å². The van der Waals surface area contributed by atoms with E-state index in [9.17, 15) is 0 Å². The molecule has 1 saturated heterocycles. The van der Waals surface area contributed by atoms with Gasteiger partial charge in [-0.1, -0.05) is 6.42 Å². The van der Waals surface area contributed by atoms with Crippen molar-refractivity contribution in [3.8, 4) is 0 Å². The molecular formula is C14H20N2O. The molecule has 0 radical (unpaired) electrons. The van der Waals surface area contributed by atoms with Crippen LogP contribution in [0.15, 0.2) is 24.3 Å². The fourth-order valence-electron chi connectivity index (χ4n) is 3.17. The van der Waals surface area contributed by atoms with Gasteiger partial charge in [-0.3, -0.25) is 0 Å². The number of nitrogens with two attached hydrogens (primary N) is 1. The van der Waals surface area contributed by atoms with Crippen molar-refractivity contribution in [2.24, 2.45) is 5.92 Å². The molecule has 2 N–H and O–H groups in total. The van der Waals surface area contributed by atoms with Crippen LogP contribution in [0.5, 0.6) is 0 Å². The molecule has 0 amide bonds. The maximum atomic E-state index is 5.75. The SMILES string of the molecule is Nc1ccc(N2CCOC[C@H]3CCC[C@@H]32)cc1. The van der Waals surface area contributed by atoms with Crippen molar-refractivity contribution in [1.29, 1.82) is 0 Å². The molecule has 3 heteroatoms. The smallest absolute Gasteiger partial charge is 0.0641 e. The lowest BCUT2D eigenvalue weighted by Crippen LogP contribution is -2.38. The van der Waals surface area contributed by atoms with Crippen LogP contribution in [0.4, 0.5) is 11.4 Å². The van der Waals surface area contributed by atoms with Gasteiger partial charge in [0, 0.05) is 29.9 Å². The second kappa shape index (κ2) is 4.57. The van der Waals surface area contributed by atoms with E-state index in [-0.39, 0.29) is 0 Å². The summed E-state index contributed by atoms with van der Waals surface area (Å²) in [5.74, 6) is 0.718. The third kappa shape index (κ3) is 2.12. The Morgan fingerprint density at radius 1 is 1.18 bits per heavy atom. The predicted octanol–water partition coefficient (Wildman–Crippen LogP) is 2.27. The average Bonchev–Trinajstić information content (AvgIpc) is 2.71. The quantitative estimate of drug-likeness (QED) is 0.755. The number of anilines is 2. The summed E-state index contributed by atoms with van der Waals surface area (Å²) in [7, 11) is 0. The first-order valence-corrected chi connectivity index (χ1v) is 6.54. The van der Waals surface area contributed by atoms with Gasteiger partial charge in [-0.2, -0.15) is 0 Å². The summed E-state index contributed by atoms with van der Waals surface area (Å²) in [6.07, 6.45) is 3.96. The molecule has 0 aromatic heterocycles. The molecule has 1 heterocycles. The Bertz CT molecular complexity index is 376. The first-order chi connectivity index (χ1) is 8.34. The van der Waals surface area contributed by atoms with E-state index >= 15 is 0 Å². The summed E-state index contributed by atoms with van der Waals surface area (Å²) in [5, 5.41) is 0. The minimum absolute atomic E-state index is 0.668. The van der Waals surface area contributed by atoms with E-state index in [2.05, 4.69) is 17.0 Å². The zero-order valence-electron chi connectivity index (χ0n) is 10.1. The van der Waals surface area contributed by atoms with Gasteiger partial charge in [-0.05, 0) is 37.1 Å². The van der Waals surface area contributed by atoms with Crippen LogP contribution in [0.3, 0.4) is 0 Å². The summed E-state index contributed by atoms with van der Waals surface area (Å²) in [4.78, 5) is 2.52. The molecule has 92 valence electrons. The summed E-state index contributed by atoms with van der Waals surface area (Å²) >= 11 is 0. The van der Waals surface area contributed by atoms with Gasteiger partial charge in [0.15, 0.2) is 0 Å². The van der Waals surface area contributed by atoms with Crippen LogP contribution < -0.4 is 10.6 Å². The van der Waals surface area contributed by atoms with Crippen molar-refractivity contribution in [3.05, 3.63) is 24.3 Å². The summed E-state index contributed by atoms with van der Waals surface area (Å²) in [6.45, 7) is 2.79. The molecule has 1 aliphatic carbocycles. The number of nitrogens with zero attached hydrogens (tertiary/aromatic N) is 1. The lowest BCUT2D eigenvalue weighted by Gasteiger charge is -2.32. The number of hydrogen-bond acceptors (Lipinski definition) is 3. The normalized spacial score (nSPS) is 28.8. The maximum absolute atomic E-state index is 5.75. The molecule has 2 fully saturated rings. The summed E-state index contributed by atoms with van der Waals surface area (Å²) in [6, 6.07) is 8.92. The molecule has 2 aliphatic rings. The van der Waals surface area contributed by atoms with Crippen LogP contribution in [0.1, 0.15) is 19.3 Å². The first-order valence-electron chi connectivity index (χ1n) is 6.54. The van der Waals surface area contributed by atoms with E-state index in [4.69, 9.17) is 10.5 Å². The van der Waals surface area contributed by atoms with Crippen LogP contribution in [-0.2, 0) is 4.74 Å². The molecule has 3 nitrogen and oxygen atoms in total. The highest BCUT2D eigenvalue weighted by Crippen LogP contribution is 2.34. The Kier molecular flexibility index (Phi) is 2.93. The van der Waals surface area contributed by atoms with E-state index < -0.39 is 0 Å². The number of benzene rings is 1. The molecule has 1 saturated carbocycles. The third-order valence-corrected chi connectivity index (χ3v) is 4.05. The second-order valence-electron chi connectivity index (χ2n) is 5.12. The molecule has 0 unspecified atom stereocenters. The Morgan fingerprint density at radius 2 is 2.00 bits per heavy atom. The van der Waals surface area contributed by atoms with E-state index in [1.165, 1.54) is 24.9 Å². The Hall–Kier alpha value is -1.22. The topological polar surface area (TPSA) is 38.5 Å². The summed E-state index contributed by atoms with van der Waals surface area (Å²) in [5.41, 5.74) is 7.88. The molecule has 3 rings (SSSR count). The van der Waals surface area contributed by atoms with Gasteiger partial charge in [0.05, 0.1) is 13.2 Å². The van der Waals surface area contributed by atoms with Crippen molar-refractivity contribution in [2.45, 2.75) is 25.3 Å². The number of rotatable bonds is 1. The van der Waals surface area contributed by atoms with Gasteiger partial charge in [0.1, 0.15) is 0 Å². The van der Waals surface area contributed by atoms with Crippen LogP contribution in [0.25, 0.3) is 0 Å². The minimum atomic E-state index is 0.668. The van der Waals surface area contributed by atoms with Crippen molar-refractivity contribution in [1.82, 2.24) is 0 Å². The number of ether oxygens (including phenoxy) is 1. The van der Waals surface area contributed by atoms with E-state index in [1.54, 1.807) is 0 Å². The molecule has 17 heavy (non-hydrogen) atoms. The Balaban J connectivity index is 1.86. The highest BCUT2D eigenvalue weighted by molar-refractivity contribution is 5.54. The molecule has 1 aromatic rings. The van der Waals surface area contributed by atoms with Gasteiger partial charge in [0.2, 0.25) is 0 Å². The largest absolute Gasteiger partial charge is 0.399 e. The second-order valence-corrected chi connectivity index (χ2v) is 5.12. The molecular weight excluding hydrogens is 212 g/mol. The van der Waals surface area contributed by atoms with E-state index in [0.29, 0.717) is 6.04 Å². The van der Waals surface area contributed by atoms with Crippen molar-refractivity contribution >= 4 is 11.4 Å². The van der Waals surface area contributed by atoms with Crippen molar-refractivity contribution in [3.63, 3.8) is 0 Å². The maximum Gasteiger partial charge on any atom is 0.0641 e. The Labute approximate surface area is 103 Å². The standard InChI is InChI=1S/C14H20N2O/c15-12-4-6-13(7-5-12)16-8-9-17-10-11-2-1-3-14(11)16/h4-7,11,14H,1-3,8-10,15H2/t11-,14+/m1/s1. The fourth-order valence-corrected chi connectivity index (χ4v) is 3.17. The van der Waals surface area contributed by atoms with Crippen LogP contribution >= 0.6 is 0 Å². The molecule has 0 bridgehead atoms. The molecule has 1 aliphatic heterocycles. The van der Waals surface area contributed by atoms with Crippen LogP contribution in [0.2, 0.25) is 0 Å². The average molecular weight is 232 g/mol. The zero-order valence-corrected chi connectivity index (χ0v) is 10.1. The van der Waals surface area contributed by atoms with Gasteiger partial charge < -0.3 is 15.4 Å². The fraction of sp³-hybridized carbons (Fsp3) is 0.571. The van der Waals surface area contributed by atoms with Gasteiger partial charge >= 0.3 is 0 Å². The molecule has 1 aromatic carbocycles. The van der Waals surface area contributed by atoms with Gasteiger partial charge in [-0.15, -0.1) is 0 Å².